The van der Waals surface area contributed by atoms with Gasteiger partial charge < -0.3 is 20.1 Å². The minimum absolute atomic E-state index is 0.122. The first-order valence-corrected chi connectivity index (χ1v) is 9.18. The highest BCUT2D eigenvalue weighted by Crippen LogP contribution is 2.34. The van der Waals surface area contributed by atoms with E-state index in [0.29, 0.717) is 17.2 Å². The number of allylic oxidation sites excluding steroid dienone is 1. The molecular formula is C22H24N2O4. The van der Waals surface area contributed by atoms with Crippen LogP contribution in [0.1, 0.15) is 25.0 Å². The molecule has 0 atom stereocenters. The van der Waals surface area contributed by atoms with Crippen molar-refractivity contribution in [3.63, 3.8) is 0 Å². The fraction of sp³-hybridized carbons (Fsp3) is 0.273. The van der Waals surface area contributed by atoms with Gasteiger partial charge in [-0.25, -0.2) is 0 Å². The number of anilines is 1. The van der Waals surface area contributed by atoms with Crippen molar-refractivity contribution >= 4 is 23.1 Å². The van der Waals surface area contributed by atoms with Crippen molar-refractivity contribution in [1.82, 2.24) is 5.32 Å². The zero-order valence-corrected chi connectivity index (χ0v) is 16.2. The molecule has 0 aromatic heterocycles. The highest BCUT2D eigenvalue weighted by atomic mass is 16.7. The zero-order valence-electron chi connectivity index (χ0n) is 16.2. The van der Waals surface area contributed by atoms with E-state index in [0.717, 1.165) is 16.7 Å². The molecule has 0 bridgehead atoms. The molecule has 2 aromatic rings. The maximum Gasteiger partial charge on any atom is 0.244 e. The third kappa shape index (κ3) is 4.91. The molecule has 0 fully saturated rings. The van der Waals surface area contributed by atoms with E-state index >= 15 is 0 Å². The quantitative estimate of drug-likeness (QED) is 0.752. The van der Waals surface area contributed by atoms with Crippen molar-refractivity contribution in [2.75, 3.05) is 18.7 Å². The van der Waals surface area contributed by atoms with Crippen molar-refractivity contribution in [2.24, 2.45) is 5.92 Å². The van der Waals surface area contributed by atoms with Gasteiger partial charge in [0.15, 0.2) is 11.5 Å². The summed E-state index contributed by atoms with van der Waals surface area (Å²) in [6, 6.07) is 13.2. The second-order valence-corrected chi connectivity index (χ2v) is 6.95. The number of fused-ring (bicyclic) bond motifs is 1. The number of benzene rings is 2. The summed E-state index contributed by atoms with van der Waals surface area (Å²) in [5.74, 6) is 0.793. The van der Waals surface area contributed by atoms with Gasteiger partial charge in [0.05, 0.1) is 6.54 Å². The maximum atomic E-state index is 12.3. The van der Waals surface area contributed by atoms with E-state index in [2.05, 4.69) is 10.6 Å². The van der Waals surface area contributed by atoms with E-state index in [-0.39, 0.29) is 31.1 Å². The molecule has 0 saturated heterocycles. The van der Waals surface area contributed by atoms with Crippen molar-refractivity contribution in [3.8, 4) is 11.5 Å². The molecule has 0 saturated carbocycles. The average Bonchev–Trinajstić information content (AvgIpc) is 3.13. The third-order valence-electron chi connectivity index (χ3n) is 4.37. The number of carbonyl (C=O) groups is 2. The van der Waals surface area contributed by atoms with Crippen LogP contribution in [0.4, 0.5) is 5.69 Å². The Bertz CT molecular complexity index is 901. The number of aryl methyl sites for hydroxylation is 1. The highest BCUT2D eigenvalue weighted by Gasteiger charge is 2.14. The van der Waals surface area contributed by atoms with Crippen LogP contribution >= 0.6 is 0 Å². The smallest absolute Gasteiger partial charge is 0.244 e. The van der Waals surface area contributed by atoms with Gasteiger partial charge in [0, 0.05) is 17.8 Å². The Labute approximate surface area is 164 Å². The Morgan fingerprint density at radius 2 is 1.79 bits per heavy atom. The van der Waals surface area contributed by atoms with Crippen molar-refractivity contribution < 1.29 is 19.1 Å². The lowest BCUT2D eigenvalue weighted by Gasteiger charge is -2.12. The van der Waals surface area contributed by atoms with E-state index in [9.17, 15) is 9.59 Å². The first kappa shape index (κ1) is 19.5. The van der Waals surface area contributed by atoms with Gasteiger partial charge in [-0.2, -0.15) is 0 Å². The van der Waals surface area contributed by atoms with E-state index in [1.807, 2.05) is 45.0 Å². The van der Waals surface area contributed by atoms with Gasteiger partial charge in [-0.1, -0.05) is 43.7 Å². The third-order valence-corrected chi connectivity index (χ3v) is 4.37. The summed E-state index contributed by atoms with van der Waals surface area (Å²) in [4.78, 5) is 24.4. The van der Waals surface area contributed by atoms with E-state index in [1.54, 1.807) is 24.3 Å². The van der Waals surface area contributed by atoms with Crippen LogP contribution in [-0.2, 0) is 9.59 Å². The Kier molecular flexibility index (Phi) is 5.99. The molecule has 2 N–H and O–H groups in total. The Morgan fingerprint density at radius 3 is 2.50 bits per heavy atom. The first-order valence-electron chi connectivity index (χ1n) is 9.18. The fourth-order valence-electron chi connectivity index (χ4n) is 2.87. The second-order valence-electron chi connectivity index (χ2n) is 6.95. The molecule has 0 spiro atoms. The van der Waals surface area contributed by atoms with E-state index in [1.165, 1.54) is 0 Å². The minimum Gasteiger partial charge on any atom is -0.454 e. The van der Waals surface area contributed by atoms with Gasteiger partial charge in [-0.3, -0.25) is 9.59 Å². The summed E-state index contributed by atoms with van der Waals surface area (Å²) < 4.78 is 10.5. The molecule has 6 heteroatoms. The number of hydrogen-bond donors (Lipinski definition) is 2. The number of rotatable bonds is 6. The molecule has 0 radical (unpaired) electrons. The normalized spacial score (nSPS) is 12.8. The van der Waals surface area contributed by atoms with Crippen LogP contribution in [0.2, 0.25) is 0 Å². The van der Waals surface area contributed by atoms with Crippen LogP contribution in [0.5, 0.6) is 11.5 Å². The molecule has 28 heavy (non-hydrogen) atoms. The lowest BCUT2D eigenvalue weighted by molar-refractivity contribution is -0.121. The predicted octanol–water partition coefficient (Wildman–Crippen LogP) is 3.52. The van der Waals surface area contributed by atoms with Gasteiger partial charge in [0.1, 0.15) is 0 Å². The predicted molar refractivity (Wildman–Crippen MR) is 108 cm³/mol. The number of hydrogen-bond acceptors (Lipinski definition) is 4. The van der Waals surface area contributed by atoms with E-state index < -0.39 is 0 Å². The van der Waals surface area contributed by atoms with Crippen LogP contribution < -0.4 is 20.1 Å². The number of amides is 2. The molecule has 2 amide bonds. The summed E-state index contributed by atoms with van der Waals surface area (Å²) >= 11 is 0. The molecule has 2 aromatic carbocycles. The lowest BCUT2D eigenvalue weighted by atomic mass is 9.94. The highest BCUT2D eigenvalue weighted by molar-refractivity contribution is 5.99. The summed E-state index contributed by atoms with van der Waals surface area (Å²) in [5.41, 5.74) is 3.67. The minimum atomic E-state index is -0.318. The molecule has 146 valence electrons. The first-order chi connectivity index (χ1) is 13.4. The van der Waals surface area contributed by atoms with Crippen LogP contribution in [0.15, 0.2) is 48.5 Å². The number of carbonyl (C=O) groups excluding carboxylic acids is 2. The Morgan fingerprint density at radius 1 is 1.07 bits per heavy atom. The monoisotopic (exact) mass is 380 g/mol. The second kappa shape index (κ2) is 8.61. The van der Waals surface area contributed by atoms with Gasteiger partial charge in [0.2, 0.25) is 18.6 Å². The number of ether oxygens (including phenoxy) is 2. The average molecular weight is 380 g/mol. The number of nitrogens with one attached hydrogen (secondary N) is 2. The fourth-order valence-corrected chi connectivity index (χ4v) is 2.87. The summed E-state index contributed by atoms with van der Waals surface area (Å²) in [7, 11) is 0. The standard InChI is InChI=1S/C22H24N2O4/c1-14(2)18(16-6-4-15(3)5-7-16)11-21(25)23-12-22(26)24-17-8-9-19-20(10-17)28-13-27-19/h4-11,14H,12-13H2,1-3H3,(H,23,25)(H,24,26)/b18-11+. The SMILES string of the molecule is Cc1ccc(/C(=C/C(=O)NCC(=O)Nc2ccc3c(c2)OCO3)C(C)C)cc1. The van der Waals surface area contributed by atoms with Crippen molar-refractivity contribution in [1.29, 1.82) is 0 Å². The molecule has 3 rings (SSSR count). The molecule has 0 unspecified atom stereocenters. The maximum absolute atomic E-state index is 12.3. The molecule has 0 aliphatic carbocycles. The summed E-state index contributed by atoms with van der Waals surface area (Å²) in [5, 5.41) is 5.37. The van der Waals surface area contributed by atoms with Crippen molar-refractivity contribution in [3.05, 3.63) is 59.7 Å². The molecule has 1 aliphatic heterocycles. The summed E-state index contributed by atoms with van der Waals surface area (Å²) in [6.07, 6.45) is 1.56. The van der Waals surface area contributed by atoms with Crippen LogP contribution in [-0.4, -0.2) is 25.2 Å². The summed E-state index contributed by atoms with van der Waals surface area (Å²) in [6.45, 7) is 6.14. The Hall–Kier alpha value is -3.28. The Balaban J connectivity index is 1.58. The van der Waals surface area contributed by atoms with Gasteiger partial charge >= 0.3 is 0 Å². The van der Waals surface area contributed by atoms with Gasteiger partial charge in [0.25, 0.3) is 0 Å². The molecule has 6 nitrogen and oxygen atoms in total. The molecular weight excluding hydrogens is 356 g/mol. The molecule has 1 heterocycles. The van der Waals surface area contributed by atoms with E-state index in [4.69, 9.17) is 9.47 Å². The van der Waals surface area contributed by atoms with Crippen LogP contribution in [0.3, 0.4) is 0 Å². The van der Waals surface area contributed by atoms with Crippen LogP contribution in [0.25, 0.3) is 5.57 Å². The topological polar surface area (TPSA) is 76.7 Å². The largest absolute Gasteiger partial charge is 0.454 e. The van der Waals surface area contributed by atoms with Crippen LogP contribution in [0, 0.1) is 12.8 Å². The van der Waals surface area contributed by atoms with Crippen molar-refractivity contribution in [2.45, 2.75) is 20.8 Å². The zero-order chi connectivity index (χ0) is 20.1. The lowest BCUT2D eigenvalue weighted by Crippen LogP contribution is -2.32. The van der Waals surface area contributed by atoms with Gasteiger partial charge in [-0.05, 0) is 36.1 Å². The molecule has 1 aliphatic rings. The van der Waals surface area contributed by atoms with Gasteiger partial charge in [-0.15, -0.1) is 0 Å².